The first-order chi connectivity index (χ1) is 23.4. The van der Waals surface area contributed by atoms with Gasteiger partial charge in [0.1, 0.15) is 0 Å². The summed E-state index contributed by atoms with van der Waals surface area (Å²) in [5, 5.41) is 2.99. The van der Waals surface area contributed by atoms with Crippen molar-refractivity contribution in [3.8, 4) is 11.1 Å². The number of fused-ring (bicyclic) bond motifs is 4. The van der Waals surface area contributed by atoms with E-state index in [-0.39, 0.29) is 35.7 Å². The number of carbonyl (C=O) groups is 4. The van der Waals surface area contributed by atoms with Gasteiger partial charge in [-0.15, -0.1) is 0 Å². The number of nitrogens with zero attached hydrogens (tertiary/aromatic N) is 3. The summed E-state index contributed by atoms with van der Waals surface area (Å²) in [7, 11) is 0. The summed E-state index contributed by atoms with van der Waals surface area (Å²) in [5.41, 5.74) is 7.16. The van der Waals surface area contributed by atoms with Gasteiger partial charge in [-0.05, 0) is 79.1 Å². The fourth-order valence-corrected chi connectivity index (χ4v) is 7.24. The van der Waals surface area contributed by atoms with E-state index < -0.39 is 0 Å². The molecule has 3 aliphatic heterocycles. The normalized spacial score (nSPS) is 18.0. The zero-order chi connectivity index (χ0) is 32.9. The van der Waals surface area contributed by atoms with Crippen molar-refractivity contribution in [2.24, 2.45) is 0 Å². The molecule has 236 valence electrons. The number of hydrogen-bond donors (Lipinski definition) is 1. The third-order valence-corrected chi connectivity index (χ3v) is 9.63. The Morgan fingerprint density at radius 1 is 0.646 bits per heavy atom. The minimum atomic E-state index is -0.301. The van der Waals surface area contributed by atoms with Crippen molar-refractivity contribution in [3.63, 3.8) is 0 Å². The summed E-state index contributed by atoms with van der Waals surface area (Å²) in [4.78, 5) is 59.3. The van der Waals surface area contributed by atoms with E-state index in [4.69, 9.17) is 0 Å². The molecule has 1 saturated heterocycles. The lowest BCUT2D eigenvalue weighted by molar-refractivity contribution is 0.0595. The van der Waals surface area contributed by atoms with Gasteiger partial charge in [0.2, 0.25) is 0 Å². The summed E-state index contributed by atoms with van der Waals surface area (Å²) < 4.78 is 0. The van der Waals surface area contributed by atoms with Gasteiger partial charge in [-0.3, -0.25) is 24.1 Å². The standard InChI is InChI=1S/C40H32N4O4/c1-25-14-16-26(17-15-25)31-8-2-3-9-32(31)37(45)41-28-20-18-27(19-21-28)38(46)43-23-29-22-30(24-42(29)35-12-6-7-13-36(35)43)44-39(47)33-10-4-5-11-34(33)40(44)48/h2-21,29-30H,22-24H2,1H3,(H,41,45)/t29-,30?/m1/s1. The number of hydrogen-bond acceptors (Lipinski definition) is 5. The first-order valence-corrected chi connectivity index (χ1v) is 16.1. The summed E-state index contributed by atoms with van der Waals surface area (Å²) >= 11 is 0. The van der Waals surface area contributed by atoms with Crippen molar-refractivity contribution in [1.29, 1.82) is 0 Å². The quantitative estimate of drug-likeness (QED) is 0.215. The molecule has 0 aromatic heterocycles. The van der Waals surface area contributed by atoms with Crippen LogP contribution in [0.5, 0.6) is 0 Å². The van der Waals surface area contributed by atoms with Crippen LogP contribution in [-0.4, -0.2) is 53.7 Å². The van der Waals surface area contributed by atoms with Crippen LogP contribution in [0.2, 0.25) is 0 Å². The molecule has 0 radical (unpaired) electrons. The number of para-hydroxylation sites is 2. The zero-order valence-corrected chi connectivity index (χ0v) is 26.3. The highest BCUT2D eigenvalue weighted by Gasteiger charge is 2.47. The summed E-state index contributed by atoms with van der Waals surface area (Å²) in [6.07, 6.45) is 0.568. The van der Waals surface area contributed by atoms with Crippen LogP contribution < -0.4 is 15.1 Å². The lowest BCUT2D eigenvalue weighted by Crippen LogP contribution is -2.48. The second kappa shape index (κ2) is 11.7. The molecular weight excluding hydrogens is 600 g/mol. The maximum absolute atomic E-state index is 14.0. The number of rotatable bonds is 5. The maximum Gasteiger partial charge on any atom is 0.261 e. The number of aryl methyl sites for hydroxylation is 1. The predicted molar refractivity (Wildman–Crippen MR) is 186 cm³/mol. The van der Waals surface area contributed by atoms with Gasteiger partial charge in [0.05, 0.1) is 28.5 Å². The molecule has 0 spiro atoms. The SMILES string of the molecule is Cc1ccc(-c2ccccc2C(=O)Nc2ccc(C(=O)N3C[C@H]4CC(N5C(=O)c6ccccc6C5=O)CN4c4ccccc43)cc2)cc1. The molecule has 8 heteroatoms. The Kier molecular flexibility index (Phi) is 7.13. The van der Waals surface area contributed by atoms with Crippen LogP contribution in [0.3, 0.4) is 0 Å². The van der Waals surface area contributed by atoms with Crippen LogP contribution in [0.1, 0.15) is 53.4 Å². The average molecular weight is 633 g/mol. The van der Waals surface area contributed by atoms with Crippen molar-refractivity contribution in [3.05, 3.63) is 149 Å². The average Bonchev–Trinajstić information content (AvgIpc) is 3.66. The molecule has 8 rings (SSSR count). The number of anilines is 3. The Balaban J connectivity index is 0.999. The molecule has 3 heterocycles. The van der Waals surface area contributed by atoms with Gasteiger partial charge >= 0.3 is 0 Å². The molecule has 2 atom stereocenters. The van der Waals surface area contributed by atoms with Crippen LogP contribution in [0, 0.1) is 6.92 Å². The Morgan fingerprint density at radius 3 is 1.94 bits per heavy atom. The second-order valence-electron chi connectivity index (χ2n) is 12.6. The van der Waals surface area contributed by atoms with Crippen LogP contribution in [0.4, 0.5) is 17.1 Å². The van der Waals surface area contributed by atoms with Gasteiger partial charge in [-0.2, -0.15) is 0 Å². The van der Waals surface area contributed by atoms with Crippen LogP contribution in [-0.2, 0) is 0 Å². The molecule has 4 amide bonds. The lowest BCUT2D eigenvalue weighted by atomic mass is 9.98. The third-order valence-electron chi connectivity index (χ3n) is 9.63. The van der Waals surface area contributed by atoms with E-state index in [0.717, 1.165) is 28.1 Å². The Morgan fingerprint density at radius 2 is 1.25 bits per heavy atom. The molecule has 1 fully saturated rings. The highest BCUT2D eigenvalue weighted by atomic mass is 16.2. The maximum atomic E-state index is 14.0. The molecule has 5 aromatic carbocycles. The molecule has 5 aromatic rings. The first-order valence-electron chi connectivity index (χ1n) is 16.1. The summed E-state index contributed by atoms with van der Waals surface area (Å²) in [5.74, 6) is -0.905. The van der Waals surface area contributed by atoms with Gasteiger partial charge in [0, 0.05) is 35.9 Å². The molecule has 8 nitrogen and oxygen atoms in total. The fraction of sp³-hybridized carbons (Fsp3) is 0.150. The monoisotopic (exact) mass is 632 g/mol. The molecule has 48 heavy (non-hydrogen) atoms. The van der Waals surface area contributed by atoms with Crippen molar-refractivity contribution >= 4 is 40.7 Å². The van der Waals surface area contributed by atoms with Gasteiger partial charge in [-0.1, -0.05) is 72.3 Å². The van der Waals surface area contributed by atoms with E-state index in [1.807, 2.05) is 79.7 Å². The Labute approximate surface area is 278 Å². The summed E-state index contributed by atoms with van der Waals surface area (Å²) in [6, 6.07) is 36.9. The minimum absolute atomic E-state index is 0.0645. The summed E-state index contributed by atoms with van der Waals surface area (Å²) in [6.45, 7) is 2.96. The molecule has 0 aliphatic carbocycles. The third kappa shape index (κ3) is 4.93. The number of nitrogens with one attached hydrogen (secondary N) is 1. The van der Waals surface area contributed by atoms with Gasteiger partial charge < -0.3 is 15.1 Å². The van der Waals surface area contributed by atoms with Crippen molar-refractivity contribution in [1.82, 2.24) is 4.90 Å². The smallest absolute Gasteiger partial charge is 0.261 e. The number of amides is 4. The van der Waals surface area contributed by atoms with E-state index >= 15 is 0 Å². The highest BCUT2D eigenvalue weighted by molar-refractivity contribution is 6.21. The van der Waals surface area contributed by atoms with E-state index in [2.05, 4.69) is 10.2 Å². The van der Waals surface area contributed by atoms with E-state index in [0.29, 0.717) is 47.5 Å². The molecule has 0 bridgehead atoms. The van der Waals surface area contributed by atoms with Gasteiger partial charge in [-0.25, -0.2) is 0 Å². The van der Waals surface area contributed by atoms with Gasteiger partial charge in [0.15, 0.2) is 0 Å². The molecule has 1 unspecified atom stereocenters. The van der Waals surface area contributed by atoms with Crippen molar-refractivity contribution in [2.75, 3.05) is 28.2 Å². The Hall–Kier alpha value is -6.02. The van der Waals surface area contributed by atoms with Crippen molar-refractivity contribution in [2.45, 2.75) is 25.4 Å². The van der Waals surface area contributed by atoms with Crippen molar-refractivity contribution < 1.29 is 19.2 Å². The molecule has 3 aliphatic rings. The highest BCUT2D eigenvalue weighted by Crippen LogP contribution is 2.42. The zero-order valence-electron chi connectivity index (χ0n) is 26.3. The van der Waals surface area contributed by atoms with Crippen LogP contribution >= 0.6 is 0 Å². The van der Waals surface area contributed by atoms with E-state index in [9.17, 15) is 19.2 Å². The Bertz CT molecular complexity index is 2070. The largest absolute Gasteiger partial charge is 0.363 e. The lowest BCUT2D eigenvalue weighted by Gasteiger charge is -2.40. The number of imide groups is 1. The first kappa shape index (κ1) is 29.4. The second-order valence-corrected chi connectivity index (χ2v) is 12.6. The molecule has 1 N–H and O–H groups in total. The topological polar surface area (TPSA) is 90.0 Å². The predicted octanol–water partition coefficient (Wildman–Crippen LogP) is 6.82. The minimum Gasteiger partial charge on any atom is -0.363 e. The molecule has 0 saturated carbocycles. The van der Waals surface area contributed by atoms with E-state index in [1.165, 1.54) is 4.90 Å². The molecular formula is C40H32N4O4. The van der Waals surface area contributed by atoms with Crippen LogP contribution in [0.15, 0.2) is 121 Å². The number of carbonyl (C=O) groups excluding carboxylic acids is 4. The van der Waals surface area contributed by atoms with E-state index in [1.54, 1.807) is 53.4 Å². The fourth-order valence-electron chi connectivity index (χ4n) is 7.24. The van der Waals surface area contributed by atoms with Crippen LogP contribution in [0.25, 0.3) is 11.1 Å². The number of benzene rings is 5. The van der Waals surface area contributed by atoms with Gasteiger partial charge in [0.25, 0.3) is 23.6 Å².